The highest BCUT2D eigenvalue weighted by molar-refractivity contribution is 5.93. The van der Waals surface area contributed by atoms with Gasteiger partial charge in [-0.05, 0) is 43.3 Å². The van der Waals surface area contributed by atoms with E-state index in [-0.39, 0.29) is 0 Å². The lowest BCUT2D eigenvalue weighted by molar-refractivity contribution is 0.312. The molecule has 0 bridgehead atoms. The molecule has 0 heterocycles. The number of guanidine groups is 1. The maximum Gasteiger partial charge on any atom is 0.195 e. The number of nitrogens with one attached hydrogen (secondary N) is 2. The average molecular weight is 387 g/mol. The molecule has 0 atom stereocenters. The molecule has 0 spiro atoms. The van der Waals surface area contributed by atoms with Gasteiger partial charge in [0.25, 0.3) is 0 Å². The molecule has 0 aliphatic heterocycles. The van der Waals surface area contributed by atoms with Crippen molar-refractivity contribution < 1.29 is 18.9 Å². The SMILES string of the molecule is CCNC(=NCCCOc1ccc(OC)cc1)Nc1ccc(OC)c(OC)c1. The quantitative estimate of drug-likeness (QED) is 0.369. The number of hydrogen-bond acceptors (Lipinski definition) is 5. The molecule has 0 fully saturated rings. The van der Waals surface area contributed by atoms with E-state index >= 15 is 0 Å². The number of aliphatic imine (C=N–C) groups is 1. The van der Waals surface area contributed by atoms with E-state index in [0.29, 0.717) is 30.6 Å². The summed E-state index contributed by atoms with van der Waals surface area (Å²) in [5, 5.41) is 6.51. The number of methoxy groups -OCH3 is 3. The van der Waals surface area contributed by atoms with Gasteiger partial charge in [-0.2, -0.15) is 0 Å². The van der Waals surface area contributed by atoms with E-state index in [1.165, 1.54) is 0 Å². The van der Waals surface area contributed by atoms with Crippen molar-refractivity contribution in [3.63, 3.8) is 0 Å². The third-order valence-electron chi connectivity index (χ3n) is 3.89. The number of anilines is 1. The van der Waals surface area contributed by atoms with Crippen LogP contribution in [0.2, 0.25) is 0 Å². The minimum absolute atomic E-state index is 0.589. The Hall–Kier alpha value is -3.09. The fourth-order valence-electron chi connectivity index (χ4n) is 2.48. The molecule has 0 amide bonds. The van der Waals surface area contributed by atoms with Crippen molar-refractivity contribution in [2.24, 2.45) is 4.99 Å². The molecule has 0 radical (unpaired) electrons. The van der Waals surface area contributed by atoms with Crippen LogP contribution in [0.25, 0.3) is 0 Å². The molecule has 28 heavy (non-hydrogen) atoms. The minimum atomic E-state index is 0.589. The van der Waals surface area contributed by atoms with E-state index in [9.17, 15) is 0 Å². The number of nitrogens with zero attached hydrogens (tertiary/aromatic N) is 1. The maximum absolute atomic E-state index is 5.73. The molecule has 2 aromatic carbocycles. The second kappa shape index (κ2) is 11.6. The van der Waals surface area contributed by atoms with Crippen LogP contribution in [-0.2, 0) is 0 Å². The van der Waals surface area contributed by atoms with Crippen LogP contribution in [0, 0.1) is 0 Å². The fraction of sp³-hybridized carbons (Fsp3) is 0.381. The maximum atomic E-state index is 5.73. The van der Waals surface area contributed by atoms with Gasteiger partial charge in [-0.3, -0.25) is 4.99 Å². The van der Waals surface area contributed by atoms with Gasteiger partial charge in [-0.15, -0.1) is 0 Å². The van der Waals surface area contributed by atoms with Gasteiger partial charge < -0.3 is 29.6 Å². The van der Waals surface area contributed by atoms with Gasteiger partial charge in [-0.25, -0.2) is 0 Å². The molecular formula is C21H29N3O4. The van der Waals surface area contributed by atoms with Crippen LogP contribution < -0.4 is 29.6 Å². The zero-order chi connectivity index (χ0) is 20.2. The largest absolute Gasteiger partial charge is 0.497 e. The fourth-order valence-corrected chi connectivity index (χ4v) is 2.48. The summed E-state index contributed by atoms with van der Waals surface area (Å²) >= 11 is 0. The summed E-state index contributed by atoms with van der Waals surface area (Å²) in [5.74, 6) is 3.69. The number of benzene rings is 2. The summed E-state index contributed by atoms with van der Waals surface area (Å²) in [6.45, 7) is 4.02. The molecule has 7 nitrogen and oxygen atoms in total. The molecule has 0 unspecified atom stereocenters. The van der Waals surface area contributed by atoms with Crippen molar-refractivity contribution >= 4 is 11.6 Å². The summed E-state index contributed by atoms with van der Waals surface area (Å²) < 4.78 is 21.5. The molecule has 7 heteroatoms. The van der Waals surface area contributed by atoms with E-state index in [0.717, 1.165) is 30.2 Å². The van der Waals surface area contributed by atoms with Crippen LogP contribution in [0.1, 0.15) is 13.3 Å². The molecule has 0 aliphatic carbocycles. The number of rotatable bonds is 10. The zero-order valence-corrected chi connectivity index (χ0v) is 17.0. The van der Waals surface area contributed by atoms with Crippen molar-refractivity contribution in [2.75, 3.05) is 46.3 Å². The van der Waals surface area contributed by atoms with Gasteiger partial charge in [0.1, 0.15) is 11.5 Å². The Bertz CT molecular complexity index is 748. The summed E-state index contributed by atoms with van der Waals surface area (Å²) in [5.41, 5.74) is 0.867. The molecule has 152 valence electrons. The Morgan fingerprint density at radius 1 is 0.893 bits per heavy atom. The minimum Gasteiger partial charge on any atom is -0.497 e. The van der Waals surface area contributed by atoms with Crippen LogP contribution in [-0.4, -0.2) is 47.0 Å². The Morgan fingerprint density at radius 3 is 2.25 bits per heavy atom. The zero-order valence-electron chi connectivity index (χ0n) is 17.0. The van der Waals surface area contributed by atoms with Gasteiger partial charge in [-0.1, -0.05) is 0 Å². The normalized spacial score (nSPS) is 10.9. The summed E-state index contributed by atoms with van der Waals surface area (Å²) in [6.07, 6.45) is 0.800. The van der Waals surface area contributed by atoms with Gasteiger partial charge in [0.15, 0.2) is 17.5 Å². The second-order valence-corrected chi connectivity index (χ2v) is 5.83. The molecule has 2 N–H and O–H groups in total. The Morgan fingerprint density at radius 2 is 1.61 bits per heavy atom. The van der Waals surface area contributed by atoms with E-state index in [4.69, 9.17) is 18.9 Å². The average Bonchev–Trinajstić information content (AvgIpc) is 2.73. The Labute approximate surface area is 166 Å². The van der Waals surface area contributed by atoms with Gasteiger partial charge >= 0.3 is 0 Å². The monoisotopic (exact) mass is 387 g/mol. The molecular weight excluding hydrogens is 358 g/mol. The molecule has 0 aromatic heterocycles. The summed E-state index contributed by atoms with van der Waals surface area (Å²) in [4.78, 5) is 4.59. The molecule has 0 aliphatic rings. The van der Waals surface area contributed by atoms with Gasteiger partial charge in [0.2, 0.25) is 0 Å². The van der Waals surface area contributed by atoms with Crippen LogP contribution >= 0.6 is 0 Å². The first kappa shape index (κ1) is 21.2. The third-order valence-corrected chi connectivity index (χ3v) is 3.89. The van der Waals surface area contributed by atoms with Crippen LogP contribution in [0.5, 0.6) is 23.0 Å². The highest BCUT2D eigenvalue weighted by atomic mass is 16.5. The summed E-state index contributed by atoms with van der Waals surface area (Å²) in [6, 6.07) is 13.2. The number of ether oxygens (including phenoxy) is 4. The lowest BCUT2D eigenvalue weighted by atomic mass is 10.3. The van der Waals surface area contributed by atoms with E-state index in [1.54, 1.807) is 21.3 Å². The van der Waals surface area contributed by atoms with Crippen molar-refractivity contribution in [1.82, 2.24) is 5.32 Å². The molecule has 2 rings (SSSR count). The lowest BCUT2D eigenvalue weighted by Crippen LogP contribution is -2.30. The van der Waals surface area contributed by atoms with Crippen molar-refractivity contribution in [3.05, 3.63) is 42.5 Å². The first-order valence-electron chi connectivity index (χ1n) is 9.24. The first-order chi connectivity index (χ1) is 13.7. The second-order valence-electron chi connectivity index (χ2n) is 5.83. The summed E-state index contributed by atoms with van der Waals surface area (Å²) in [7, 11) is 4.88. The Kier molecular flexibility index (Phi) is 8.78. The topological polar surface area (TPSA) is 73.3 Å². The predicted octanol–water partition coefficient (Wildman–Crippen LogP) is 3.56. The first-order valence-corrected chi connectivity index (χ1v) is 9.24. The predicted molar refractivity (Wildman–Crippen MR) is 112 cm³/mol. The third kappa shape index (κ3) is 6.57. The van der Waals surface area contributed by atoms with Crippen molar-refractivity contribution in [2.45, 2.75) is 13.3 Å². The highest BCUT2D eigenvalue weighted by Crippen LogP contribution is 2.29. The standard InChI is InChI=1S/C21H29N3O4/c1-5-22-21(24-16-7-12-19(26-3)20(15-16)27-4)23-13-6-14-28-18-10-8-17(25-2)9-11-18/h7-12,15H,5-6,13-14H2,1-4H3,(H2,22,23,24). The molecule has 0 saturated carbocycles. The van der Waals surface area contributed by atoms with Gasteiger partial charge in [0.05, 0.1) is 27.9 Å². The van der Waals surface area contributed by atoms with Gasteiger partial charge in [0, 0.05) is 31.3 Å². The van der Waals surface area contributed by atoms with Crippen LogP contribution in [0.15, 0.2) is 47.5 Å². The van der Waals surface area contributed by atoms with Crippen LogP contribution in [0.4, 0.5) is 5.69 Å². The Balaban J connectivity index is 1.85. The van der Waals surface area contributed by atoms with Crippen molar-refractivity contribution in [3.8, 4) is 23.0 Å². The smallest absolute Gasteiger partial charge is 0.195 e. The van der Waals surface area contributed by atoms with E-state index in [2.05, 4.69) is 15.6 Å². The highest BCUT2D eigenvalue weighted by Gasteiger charge is 2.06. The number of hydrogen-bond donors (Lipinski definition) is 2. The van der Waals surface area contributed by atoms with E-state index < -0.39 is 0 Å². The van der Waals surface area contributed by atoms with Crippen LogP contribution in [0.3, 0.4) is 0 Å². The molecule has 2 aromatic rings. The molecule has 0 saturated heterocycles. The van der Waals surface area contributed by atoms with E-state index in [1.807, 2.05) is 49.4 Å². The van der Waals surface area contributed by atoms with Crippen molar-refractivity contribution in [1.29, 1.82) is 0 Å². The lowest BCUT2D eigenvalue weighted by Gasteiger charge is -2.14.